The molecule has 0 unspecified atom stereocenters. The summed E-state index contributed by atoms with van der Waals surface area (Å²) < 4.78 is 0. The summed E-state index contributed by atoms with van der Waals surface area (Å²) in [5.74, 6) is 0.132. The highest BCUT2D eigenvalue weighted by atomic mass is 16.3. The normalized spacial score (nSPS) is 15.2. The topological polar surface area (TPSA) is 43.8 Å². The lowest BCUT2D eigenvalue weighted by atomic mass is 10.1. The quantitative estimate of drug-likeness (QED) is 0.879. The van der Waals surface area contributed by atoms with Crippen LogP contribution in [0.4, 0.5) is 5.69 Å². The third-order valence-corrected chi connectivity index (χ3v) is 4.57. The number of aliphatic hydroxyl groups is 1. The second kappa shape index (κ2) is 8.17. The van der Waals surface area contributed by atoms with Gasteiger partial charge in [0.25, 0.3) is 5.91 Å². The van der Waals surface area contributed by atoms with Crippen LogP contribution in [0.5, 0.6) is 0 Å². The van der Waals surface area contributed by atoms with E-state index in [4.69, 9.17) is 0 Å². The molecular formula is C21H26N2O2. The van der Waals surface area contributed by atoms with E-state index in [0.717, 1.165) is 42.7 Å². The van der Waals surface area contributed by atoms with E-state index in [1.165, 1.54) is 0 Å². The predicted octanol–water partition coefficient (Wildman–Crippen LogP) is 3.31. The molecule has 1 saturated heterocycles. The van der Waals surface area contributed by atoms with E-state index in [2.05, 4.69) is 4.90 Å². The molecule has 1 atom stereocenters. The molecule has 132 valence electrons. The number of benzene rings is 2. The SMILES string of the molecule is C[C@@H](O)CN(Cc1ccc(C(=O)N2CCCC2)cc1)c1ccccc1. The molecule has 4 heteroatoms. The van der Waals surface area contributed by atoms with Crippen molar-refractivity contribution in [1.29, 1.82) is 0 Å². The molecule has 1 N–H and O–H groups in total. The van der Waals surface area contributed by atoms with Crippen LogP contribution in [-0.2, 0) is 6.54 Å². The van der Waals surface area contributed by atoms with Gasteiger partial charge in [-0.25, -0.2) is 0 Å². The van der Waals surface area contributed by atoms with Gasteiger partial charge in [-0.2, -0.15) is 0 Å². The lowest BCUT2D eigenvalue weighted by Crippen LogP contribution is -2.30. The van der Waals surface area contributed by atoms with Gasteiger partial charge < -0.3 is 14.9 Å². The number of hydrogen-bond acceptors (Lipinski definition) is 3. The molecule has 1 amide bonds. The average Bonchev–Trinajstić information content (AvgIpc) is 3.16. The first kappa shape index (κ1) is 17.5. The molecule has 4 nitrogen and oxygen atoms in total. The first-order chi connectivity index (χ1) is 12.1. The highest BCUT2D eigenvalue weighted by Gasteiger charge is 2.19. The fourth-order valence-electron chi connectivity index (χ4n) is 3.29. The van der Waals surface area contributed by atoms with Gasteiger partial charge in [-0.15, -0.1) is 0 Å². The highest BCUT2D eigenvalue weighted by Crippen LogP contribution is 2.19. The van der Waals surface area contributed by atoms with E-state index in [0.29, 0.717) is 13.1 Å². The maximum absolute atomic E-state index is 12.4. The van der Waals surface area contributed by atoms with Gasteiger partial charge in [-0.3, -0.25) is 4.79 Å². The minimum atomic E-state index is -0.406. The molecule has 0 radical (unpaired) electrons. The molecule has 1 aliphatic rings. The van der Waals surface area contributed by atoms with Crippen molar-refractivity contribution >= 4 is 11.6 Å². The van der Waals surface area contributed by atoms with Crippen LogP contribution >= 0.6 is 0 Å². The van der Waals surface area contributed by atoms with E-state index in [-0.39, 0.29) is 5.91 Å². The Labute approximate surface area is 149 Å². The van der Waals surface area contributed by atoms with Gasteiger partial charge in [-0.05, 0) is 49.6 Å². The first-order valence-corrected chi connectivity index (χ1v) is 9.00. The third kappa shape index (κ3) is 4.60. The number of amides is 1. The van der Waals surface area contributed by atoms with Crippen molar-refractivity contribution in [2.75, 3.05) is 24.5 Å². The molecule has 1 fully saturated rings. The van der Waals surface area contributed by atoms with E-state index in [1.54, 1.807) is 6.92 Å². The van der Waals surface area contributed by atoms with Gasteiger partial charge in [0.15, 0.2) is 0 Å². The second-order valence-electron chi connectivity index (χ2n) is 6.76. The van der Waals surface area contributed by atoms with Gasteiger partial charge in [0.2, 0.25) is 0 Å². The van der Waals surface area contributed by atoms with Crippen LogP contribution < -0.4 is 4.90 Å². The van der Waals surface area contributed by atoms with Crippen LogP contribution in [0.25, 0.3) is 0 Å². The first-order valence-electron chi connectivity index (χ1n) is 9.00. The molecule has 1 heterocycles. The average molecular weight is 338 g/mol. The fourth-order valence-corrected chi connectivity index (χ4v) is 3.29. The lowest BCUT2D eigenvalue weighted by molar-refractivity contribution is 0.0793. The molecule has 2 aromatic carbocycles. The van der Waals surface area contributed by atoms with Gasteiger partial charge in [0.05, 0.1) is 6.10 Å². The number of aliphatic hydroxyl groups excluding tert-OH is 1. The molecule has 3 rings (SSSR count). The molecule has 0 aromatic heterocycles. The number of nitrogens with zero attached hydrogens (tertiary/aromatic N) is 2. The molecular weight excluding hydrogens is 312 g/mol. The van der Waals surface area contributed by atoms with Crippen LogP contribution in [0, 0.1) is 0 Å². The zero-order valence-electron chi connectivity index (χ0n) is 14.8. The van der Waals surface area contributed by atoms with Gasteiger partial charge >= 0.3 is 0 Å². The molecule has 1 aliphatic heterocycles. The van der Waals surface area contributed by atoms with Crippen LogP contribution in [0.15, 0.2) is 54.6 Å². The minimum absolute atomic E-state index is 0.132. The second-order valence-corrected chi connectivity index (χ2v) is 6.76. The Balaban J connectivity index is 1.71. The van der Waals surface area contributed by atoms with Gasteiger partial charge in [0.1, 0.15) is 0 Å². The van der Waals surface area contributed by atoms with E-state index < -0.39 is 6.10 Å². The summed E-state index contributed by atoms with van der Waals surface area (Å²) in [6, 6.07) is 18.0. The number of anilines is 1. The van der Waals surface area contributed by atoms with Crippen molar-refractivity contribution in [2.45, 2.75) is 32.4 Å². The van der Waals surface area contributed by atoms with Crippen LogP contribution in [0.3, 0.4) is 0 Å². The lowest BCUT2D eigenvalue weighted by Gasteiger charge is -2.26. The van der Waals surface area contributed by atoms with Crippen molar-refractivity contribution in [3.63, 3.8) is 0 Å². The van der Waals surface area contributed by atoms with E-state index >= 15 is 0 Å². The Morgan fingerprint density at radius 2 is 1.72 bits per heavy atom. The summed E-state index contributed by atoms with van der Waals surface area (Å²) in [5.41, 5.74) is 2.97. The highest BCUT2D eigenvalue weighted by molar-refractivity contribution is 5.94. The number of carbonyl (C=O) groups excluding carboxylic acids is 1. The molecule has 2 aromatic rings. The van der Waals surface area contributed by atoms with E-state index in [9.17, 15) is 9.90 Å². The summed E-state index contributed by atoms with van der Waals surface area (Å²) >= 11 is 0. The predicted molar refractivity (Wildman–Crippen MR) is 101 cm³/mol. The largest absolute Gasteiger partial charge is 0.392 e. The summed E-state index contributed by atoms with van der Waals surface area (Å²) in [4.78, 5) is 16.5. The molecule has 0 spiro atoms. The number of para-hydroxylation sites is 1. The van der Waals surface area contributed by atoms with Crippen LogP contribution in [-0.4, -0.2) is 41.7 Å². The van der Waals surface area contributed by atoms with Crippen molar-refractivity contribution in [3.8, 4) is 0 Å². The Morgan fingerprint density at radius 3 is 2.32 bits per heavy atom. The van der Waals surface area contributed by atoms with Crippen molar-refractivity contribution in [1.82, 2.24) is 4.90 Å². The minimum Gasteiger partial charge on any atom is -0.392 e. The molecule has 0 aliphatic carbocycles. The Bertz CT molecular complexity index is 677. The number of rotatable bonds is 6. The van der Waals surface area contributed by atoms with Crippen molar-refractivity contribution in [2.24, 2.45) is 0 Å². The van der Waals surface area contributed by atoms with Crippen LogP contribution in [0.1, 0.15) is 35.7 Å². The molecule has 0 bridgehead atoms. The van der Waals surface area contributed by atoms with Crippen LogP contribution in [0.2, 0.25) is 0 Å². The number of hydrogen-bond donors (Lipinski definition) is 1. The molecule has 0 saturated carbocycles. The summed E-state index contributed by atoms with van der Waals surface area (Å²) in [7, 11) is 0. The maximum Gasteiger partial charge on any atom is 0.253 e. The molecule has 25 heavy (non-hydrogen) atoms. The van der Waals surface area contributed by atoms with Crippen molar-refractivity contribution < 1.29 is 9.90 Å². The zero-order chi connectivity index (χ0) is 17.6. The van der Waals surface area contributed by atoms with Gasteiger partial charge in [-0.1, -0.05) is 30.3 Å². The standard InChI is InChI=1S/C21H26N2O2/c1-17(24)15-23(20-7-3-2-4-8-20)16-18-9-11-19(12-10-18)21(25)22-13-5-6-14-22/h2-4,7-12,17,24H,5-6,13-16H2,1H3/t17-/m1/s1. The number of likely N-dealkylation sites (tertiary alicyclic amines) is 1. The Hall–Kier alpha value is -2.33. The fraction of sp³-hybridized carbons (Fsp3) is 0.381. The maximum atomic E-state index is 12.4. The zero-order valence-corrected chi connectivity index (χ0v) is 14.8. The van der Waals surface area contributed by atoms with Crippen molar-refractivity contribution in [3.05, 3.63) is 65.7 Å². The Morgan fingerprint density at radius 1 is 1.08 bits per heavy atom. The Kier molecular flexibility index (Phi) is 5.71. The van der Waals surface area contributed by atoms with Gasteiger partial charge in [0, 0.05) is 37.4 Å². The smallest absolute Gasteiger partial charge is 0.253 e. The summed E-state index contributed by atoms with van der Waals surface area (Å²) in [5, 5.41) is 9.81. The monoisotopic (exact) mass is 338 g/mol. The third-order valence-electron chi connectivity index (χ3n) is 4.57. The summed E-state index contributed by atoms with van der Waals surface area (Å²) in [6.45, 7) is 4.81. The summed E-state index contributed by atoms with van der Waals surface area (Å²) in [6.07, 6.45) is 1.81. The van der Waals surface area contributed by atoms with E-state index in [1.807, 2.05) is 59.5 Å². The number of carbonyl (C=O) groups is 1.